The summed E-state index contributed by atoms with van der Waals surface area (Å²) in [6, 6.07) is 10.8. The average Bonchev–Trinajstić information content (AvgIpc) is 3.18. The fourth-order valence-corrected chi connectivity index (χ4v) is 3.11. The molecule has 0 spiro atoms. The second kappa shape index (κ2) is 5.60. The largest absolute Gasteiger partial charge is 0.326 e. The standard InChI is InChI=1S/C17H24N4/c1-13(2)11-21-16(19-12-20-21)10-15(18)17(8-9-17)14-6-4-3-5-7-14/h3-7,12-13,15H,8-11,18H2,1-2H3. The van der Waals surface area contributed by atoms with E-state index in [0.717, 1.165) is 18.8 Å². The van der Waals surface area contributed by atoms with Crippen molar-refractivity contribution in [3.8, 4) is 0 Å². The third kappa shape index (κ3) is 2.86. The maximum atomic E-state index is 6.56. The maximum Gasteiger partial charge on any atom is 0.138 e. The first-order chi connectivity index (χ1) is 10.1. The van der Waals surface area contributed by atoms with Crippen molar-refractivity contribution in [1.82, 2.24) is 14.8 Å². The minimum absolute atomic E-state index is 0.106. The molecule has 1 aromatic carbocycles. The fourth-order valence-electron chi connectivity index (χ4n) is 3.11. The highest BCUT2D eigenvalue weighted by atomic mass is 15.3. The molecular formula is C17H24N4. The van der Waals surface area contributed by atoms with Gasteiger partial charge in [0.25, 0.3) is 0 Å². The van der Waals surface area contributed by atoms with Crippen molar-refractivity contribution < 1.29 is 0 Å². The van der Waals surface area contributed by atoms with Crippen molar-refractivity contribution in [2.24, 2.45) is 11.7 Å². The molecule has 1 aromatic heterocycles. The Morgan fingerprint density at radius 3 is 2.57 bits per heavy atom. The molecule has 112 valence electrons. The van der Waals surface area contributed by atoms with Gasteiger partial charge in [0.15, 0.2) is 0 Å². The minimum atomic E-state index is 0.106. The normalized spacial score (nSPS) is 17.9. The summed E-state index contributed by atoms with van der Waals surface area (Å²) in [6.45, 7) is 5.29. The van der Waals surface area contributed by atoms with Crippen LogP contribution in [0.4, 0.5) is 0 Å². The molecule has 3 rings (SSSR count). The van der Waals surface area contributed by atoms with Crippen LogP contribution in [0.15, 0.2) is 36.7 Å². The highest BCUT2D eigenvalue weighted by Crippen LogP contribution is 2.50. The zero-order chi connectivity index (χ0) is 14.9. The lowest BCUT2D eigenvalue weighted by Crippen LogP contribution is -2.37. The second-order valence-electron chi connectivity index (χ2n) is 6.59. The van der Waals surface area contributed by atoms with Crippen LogP contribution in [0.1, 0.15) is 38.1 Å². The van der Waals surface area contributed by atoms with Crippen molar-refractivity contribution in [3.63, 3.8) is 0 Å². The SMILES string of the molecule is CC(C)Cn1ncnc1CC(N)C1(c2ccccc2)CC1. The number of hydrogen-bond acceptors (Lipinski definition) is 3. The molecule has 21 heavy (non-hydrogen) atoms. The summed E-state index contributed by atoms with van der Waals surface area (Å²) in [5, 5.41) is 4.33. The van der Waals surface area contributed by atoms with Gasteiger partial charge in [0, 0.05) is 24.4 Å². The van der Waals surface area contributed by atoms with Gasteiger partial charge >= 0.3 is 0 Å². The lowest BCUT2D eigenvalue weighted by atomic mass is 9.86. The number of nitrogens with zero attached hydrogens (tertiary/aromatic N) is 3. The third-order valence-corrected chi connectivity index (χ3v) is 4.48. The summed E-state index contributed by atoms with van der Waals surface area (Å²) in [5.74, 6) is 1.57. The average molecular weight is 284 g/mol. The summed E-state index contributed by atoms with van der Waals surface area (Å²) < 4.78 is 2.01. The van der Waals surface area contributed by atoms with E-state index in [0.29, 0.717) is 5.92 Å². The molecule has 0 amide bonds. The lowest BCUT2D eigenvalue weighted by Gasteiger charge is -2.24. The van der Waals surface area contributed by atoms with E-state index in [4.69, 9.17) is 5.73 Å². The molecule has 0 saturated heterocycles. The molecule has 1 fully saturated rings. The van der Waals surface area contributed by atoms with Gasteiger partial charge in [-0.3, -0.25) is 0 Å². The van der Waals surface area contributed by atoms with Crippen molar-refractivity contribution in [2.75, 3.05) is 0 Å². The Labute approximate surface area is 126 Å². The fraction of sp³-hybridized carbons (Fsp3) is 0.529. The first-order valence-corrected chi connectivity index (χ1v) is 7.79. The molecule has 1 aliphatic carbocycles. The Morgan fingerprint density at radius 1 is 1.24 bits per heavy atom. The van der Waals surface area contributed by atoms with Crippen molar-refractivity contribution in [3.05, 3.63) is 48.0 Å². The van der Waals surface area contributed by atoms with E-state index < -0.39 is 0 Å². The summed E-state index contributed by atoms with van der Waals surface area (Å²) in [7, 11) is 0. The minimum Gasteiger partial charge on any atom is -0.326 e. The molecular weight excluding hydrogens is 260 g/mol. The van der Waals surface area contributed by atoms with Crippen LogP contribution in [0.2, 0.25) is 0 Å². The van der Waals surface area contributed by atoms with Crippen LogP contribution >= 0.6 is 0 Å². The Hall–Kier alpha value is -1.68. The Balaban J connectivity index is 1.75. The van der Waals surface area contributed by atoms with Gasteiger partial charge < -0.3 is 5.73 Å². The van der Waals surface area contributed by atoms with Gasteiger partial charge in [-0.25, -0.2) is 9.67 Å². The number of benzene rings is 1. The monoisotopic (exact) mass is 284 g/mol. The van der Waals surface area contributed by atoms with E-state index in [1.807, 2.05) is 4.68 Å². The molecule has 1 atom stereocenters. The van der Waals surface area contributed by atoms with Gasteiger partial charge in [-0.05, 0) is 24.3 Å². The van der Waals surface area contributed by atoms with E-state index in [1.54, 1.807) is 6.33 Å². The zero-order valence-corrected chi connectivity index (χ0v) is 12.9. The topological polar surface area (TPSA) is 56.7 Å². The molecule has 1 heterocycles. The van der Waals surface area contributed by atoms with Gasteiger partial charge in [0.05, 0.1) is 0 Å². The van der Waals surface area contributed by atoms with E-state index in [9.17, 15) is 0 Å². The number of hydrogen-bond donors (Lipinski definition) is 1. The molecule has 0 radical (unpaired) electrons. The number of rotatable bonds is 6. The van der Waals surface area contributed by atoms with Gasteiger partial charge in [0.1, 0.15) is 12.2 Å². The number of aromatic nitrogens is 3. The molecule has 1 aliphatic rings. The molecule has 0 aliphatic heterocycles. The van der Waals surface area contributed by atoms with Crippen LogP contribution in [0.5, 0.6) is 0 Å². The first kappa shape index (κ1) is 14.3. The van der Waals surface area contributed by atoms with Crippen molar-refractivity contribution in [1.29, 1.82) is 0 Å². The van der Waals surface area contributed by atoms with Crippen LogP contribution in [0.25, 0.3) is 0 Å². The third-order valence-electron chi connectivity index (χ3n) is 4.48. The van der Waals surface area contributed by atoms with Crippen LogP contribution in [0.3, 0.4) is 0 Å². The summed E-state index contributed by atoms with van der Waals surface area (Å²) in [4.78, 5) is 4.42. The van der Waals surface area contributed by atoms with Crippen LogP contribution in [0, 0.1) is 5.92 Å². The smallest absolute Gasteiger partial charge is 0.138 e. The van der Waals surface area contributed by atoms with Crippen molar-refractivity contribution in [2.45, 2.75) is 51.1 Å². The molecule has 2 N–H and O–H groups in total. The van der Waals surface area contributed by atoms with E-state index in [1.165, 1.54) is 18.4 Å². The molecule has 4 nitrogen and oxygen atoms in total. The van der Waals surface area contributed by atoms with Gasteiger partial charge in [-0.15, -0.1) is 0 Å². The Bertz CT molecular complexity index is 584. The molecule has 1 saturated carbocycles. The second-order valence-corrected chi connectivity index (χ2v) is 6.59. The lowest BCUT2D eigenvalue weighted by molar-refractivity contribution is 0.439. The zero-order valence-electron chi connectivity index (χ0n) is 12.9. The van der Waals surface area contributed by atoms with Gasteiger partial charge in [0.2, 0.25) is 0 Å². The highest BCUT2D eigenvalue weighted by Gasteiger charge is 2.49. The van der Waals surface area contributed by atoms with Crippen LogP contribution in [-0.2, 0) is 18.4 Å². The van der Waals surface area contributed by atoms with E-state index >= 15 is 0 Å². The van der Waals surface area contributed by atoms with Crippen LogP contribution < -0.4 is 5.73 Å². The summed E-state index contributed by atoms with van der Waals surface area (Å²) in [6.07, 6.45) is 4.79. The van der Waals surface area contributed by atoms with E-state index in [2.05, 4.69) is 54.3 Å². The summed E-state index contributed by atoms with van der Waals surface area (Å²) in [5.41, 5.74) is 8.07. The van der Waals surface area contributed by atoms with E-state index in [-0.39, 0.29) is 11.5 Å². The maximum absolute atomic E-state index is 6.56. The molecule has 4 heteroatoms. The van der Waals surface area contributed by atoms with Crippen LogP contribution in [-0.4, -0.2) is 20.8 Å². The predicted octanol–water partition coefficient (Wildman–Crippen LogP) is 2.54. The first-order valence-electron chi connectivity index (χ1n) is 7.79. The number of nitrogens with two attached hydrogens (primary N) is 1. The molecule has 0 bridgehead atoms. The Kier molecular flexibility index (Phi) is 3.81. The highest BCUT2D eigenvalue weighted by molar-refractivity contribution is 5.34. The summed E-state index contributed by atoms with van der Waals surface area (Å²) >= 11 is 0. The van der Waals surface area contributed by atoms with Crippen molar-refractivity contribution >= 4 is 0 Å². The molecule has 2 aromatic rings. The molecule has 1 unspecified atom stereocenters. The quantitative estimate of drug-likeness (QED) is 0.887. The van der Waals surface area contributed by atoms with Gasteiger partial charge in [-0.2, -0.15) is 5.10 Å². The Morgan fingerprint density at radius 2 is 1.95 bits per heavy atom. The predicted molar refractivity (Wildman–Crippen MR) is 83.9 cm³/mol. The van der Waals surface area contributed by atoms with Gasteiger partial charge in [-0.1, -0.05) is 44.2 Å².